The maximum absolute atomic E-state index is 5.33. The monoisotopic (exact) mass is 701 g/mol. The quantitative estimate of drug-likeness (QED) is 0.179. The molecule has 0 amide bonds. The predicted molar refractivity (Wildman–Crippen MR) is 231 cm³/mol. The number of aromatic nitrogens is 3. The Balaban J connectivity index is 1.12. The van der Waals surface area contributed by atoms with E-state index in [1.165, 1.54) is 60.5 Å². The largest absolute Gasteiger partial charge is 0.292 e. The van der Waals surface area contributed by atoms with Gasteiger partial charge in [-0.05, 0) is 97.9 Å². The molecule has 0 saturated carbocycles. The summed E-state index contributed by atoms with van der Waals surface area (Å²) in [5.74, 6) is 0.248. The molecule has 1 atom stereocenters. The Hall–Kier alpha value is -7.10. The van der Waals surface area contributed by atoms with E-state index in [1.807, 2.05) is 12.1 Å². The summed E-state index contributed by atoms with van der Waals surface area (Å²) in [6, 6.07) is 65.4. The van der Waals surface area contributed by atoms with Crippen molar-refractivity contribution in [2.75, 3.05) is 0 Å². The molecule has 2 aromatic heterocycles. The maximum atomic E-state index is 5.33. The summed E-state index contributed by atoms with van der Waals surface area (Å²) in [4.78, 5) is 10.6. The molecule has 0 saturated heterocycles. The number of benzene rings is 8. The van der Waals surface area contributed by atoms with Gasteiger partial charge < -0.3 is 0 Å². The Bertz CT molecular complexity index is 3170. The average molecular weight is 702 g/mol. The van der Waals surface area contributed by atoms with Gasteiger partial charge in [-0.2, -0.15) is 0 Å². The molecular formula is C52H35N3. The number of allylic oxidation sites excluding steroid dienone is 4. The molecular weight excluding hydrogens is 667 g/mol. The molecule has 3 nitrogen and oxygen atoms in total. The molecule has 55 heavy (non-hydrogen) atoms. The number of para-hydroxylation sites is 2. The molecule has 11 rings (SSSR count). The summed E-state index contributed by atoms with van der Waals surface area (Å²) in [5, 5.41) is 5.99. The van der Waals surface area contributed by atoms with Crippen LogP contribution in [0.25, 0.3) is 82.6 Å². The number of hydrogen-bond acceptors (Lipinski definition) is 2. The molecule has 2 heterocycles. The van der Waals surface area contributed by atoms with E-state index in [-0.39, 0.29) is 5.92 Å². The lowest BCUT2D eigenvalue weighted by atomic mass is 9.81. The first-order chi connectivity index (χ1) is 27.2. The van der Waals surface area contributed by atoms with E-state index < -0.39 is 0 Å². The highest BCUT2D eigenvalue weighted by Gasteiger charge is 2.23. The van der Waals surface area contributed by atoms with Gasteiger partial charge in [-0.15, -0.1) is 0 Å². The highest BCUT2D eigenvalue weighted by Crippen LogP contribution is 2.42. The van der Waals surface area contributed by atoms with Crippen LogP contribution in [0, 0.1) is 0 Å². The molecule has 8 aromatic carbocycles. The van der Waals surface area contributed by atoms with Crippen LogP contribution < -0.4 is 0 Å². The standard InChI is InChI=1S/C52H35N3/c1-3-13-34(14-4-1)40-30-41(38-26-25-35-15-7-8-18-37(35)29-38)32-42(31-40)39-27-28-50-46(33-39)51-52(54-48-23-10-9-22-47(48)53-51)55(50)49-24-12-20-44-43(19-11-21-45(44)49)36-16-5-2-6-17-36/h1-30,32-33,40H,31H2. The van der Waals surface area contributed by atoms with E-state index in [0.717, 1.165) is 45.2 Å². The molecule has 258 valence electrons. The molecule has 0 aliphatic heterocycles. The molecule has 1 unspecified atom stereocenters. The van der Waals surface area contributed by atoms with Crippen LogP contribution in [0.15, 0.2) is 194 Å². The fourth-order valence-electron chi connectivity index (χ4n) is 8.63. The minimum absolute atomic E-state index is 0.248. The van der Waals surface area contributed by atoms with Crippen molar-refractivity contribution in [3.05, 3.63) is 211 Å². The fraction of sp³-hybridized carbons (Fsp3) is 0.0385. The highest BCUT2D eigenvalue weighted by atomic mass is 15.1. The minimum atomic E-state index is 0.248. The van der Waals surface area contributed by atoms with Crippen LogP contribution in [0.1, 0.15) is 29.0 Å². The van der Waals surface area contributed by atoms with Crippen LogP contribution in [0.5, 0.6) is 0 Å². The Morgan fingerprint density at radius 3 is 2.05 bits per heavy atom. The van der Waals surface area contributed by atoms with Gasteiger partial charge in [0, 0.05) is 16.7 Å². The number of hydrogen-bond donors (Lipinski definition) is 0. The third-order valence-electron chi connectivity index (χ3n) is 11.3. The van der Waals surface area contributed by atoms with E-state index >= 15 is 0 Å². The maximum Gasteiger partial charge on any atom is 0.165 e. The average Bonchev–Trinajstić information content (AvgIpc) is 3.57. The topological polar surface area (TPSA) is 30.7 Å². The van der Waals surface area contributed by atoms with Crippen LogP contribution in [-0.2, 0) is 0 Å². The van der Waals surface area contributed by atoms with Crippen LogP contribution in [-0.4, -0.2) is 14.5 Å². The Morgan fingerprint density at radius 2 is 1.20 bits per heavy atom. The van der Waals surface area contributed by atoms with Gasteiger partial charge >= 0.3 is 0 Å². The van der Waals surface area contributed by atoms with Crippen molar-refractivity contribution in [2.45, 2.75) is 12.3 Å². The lowest BCUT2D eigenvalue weighted by Gasteiger charge is -2.23. The van der Waals surface area contributed by atoms with Crippen molar-refractivity contribution in [3.63, 3.8) is 0 Å². The van der Waals surface area contributed by atoms with E-state index in [4.69, 9.17) is 9.97 Å². The zero-order valence-electron chi connectivity index (χ0n) is 30.1. The normalized spacial score (nSPS) is 14.5. The number of nitrogens with zero attached hydrogens (tertiary/aromatic N) is 3. The van der Waals surface area contributed by atoms with Gasteiger partial charge in [0.1, 0.15) is 5.52 Å². The van der Waals surface area contributed by atoms with Crippen LogP contribution in [0.2, 0.25) is 0 Å². The van der Waals surface area contributed by atoms with E-state index in [2.05, 4.69) is 187 Å². The van der Waals surface area contributed by atoms with Crippen molar-refractivity contribution < 1.29 is 0 Å². The first-order valence-electron chi connectivity index (χ1n) is 19.0. The third-order valence-corrected chi connectivity index (χ3v) is 11.3. The lowest BCUT2D eigenvalue weighted by Crippen LogP contribution is -2.04. The second-order valence-electron chi connectivity index (χ2n) is 14.6. The molecule has 1 aliphatic rings. The molecule has 3 heteroatoms. The van der Waals surface area contributed by atoms with Gasteiger partial charge in [0.25, 0.3) is 0 Å². The van der Waals surface area contributed by atoms with Crippen LogP contribution in [0.4, 0.5) is 0 Å². The molecule has 0 bridgehead atoms. The van der Waals surface area contributed by atoms with Gasteiger partial charge in [-0.1, -0.05) is 158 Å². The summed E-state index contributed by atoms with van der Waals surface area (Å²) >= 11 is 0. The van der Waals surface area contributed by atoms with Crippen molar-refractivity contribution in [1.29, 1.82) is 0 Å². The van der Waals surface area contributed by atoms with Crippen molar-refractivity contribution in [1.82, 2.24) is 14.5 Å². The molecule has 0 spiro atoms. The Kier molecular flexibility index (Phi) is 7.31. The first kappa shape index (κ1) is 31.4. The summed E-state index contributed by atoms with van der Waals surface area (Å²) < 4.78 is 2.33. The van der Waals surface area contributed by atoms with E-state index in [0.29, 0.717) is 0 Å². The second kappa shape index (κ2) is 12.8. The van der Waals surface area contributed by atoms with E-state index in [1.54, 1.807) is 0 Å². The summed E-state index contributed by atoms with van der Waals surface area (Å²) in [7, 11) is 0. The predicted octanol–water partition coefficient (Wildman–Crippen LogP) is 13.4. The first-order valence-corrected chi connectivity index (χ1v) is 19.0. The molecule has 0 radical (unpaired) electrons. The third kappa shape index (κ3) is 5.35. The van der Waals surface area contributed by atoms with Gasteiger partial charge in [0.05, 0.1) is 22.2 Å². The van der Waals surface area contributed by atoms with Crippen molar-refractivity contribution in [3.8, 4) is 16.8 Å². The fourth-order valence-corrected chi connectivity index (χ4v) is 8.63. The van der Waals surface area contributed by atoms with E-state index in [9.17, 15) is 0 Å². The van der Waals surface area contributed by atoms with Crippen molar-refractivity contribution in [2.24, 2.45) is 0 Å². The van der Waals surface area contributed by atoms with Crippen LogP contribution >= 0.6 is 0 Å². The molecule has 0 fully saturated rings. The lowest BCUT2D eigenvalue weighted by molar-refractivity contribution is 0.871. The smallest absolute Gasteiger partial charge is 0.165 e. The Morgan fingerprint density at radius 1 is 0.491 bits per heavy atom. The SMILES string of the molecule is C1=C(c2ccc3ccccc3c2)C=C(c2ccc3c(c2)c2nc4ccccc4nc2n3-c2cccc3c(-c4ccccc4)cccc23)CC1c1ccccc1. The van der Waals surface area contributed by atoms with Crippen LogP contribution in [0.3, 0.4) is 0 Å². The molecule has 0 N–H and O–H groups in total. The van der Waals surface area contributed by atoms with Gasteiger partial charge in [0.15, 0.2) is 5.65 Å². The Labute approximate surface area is 319 Å². The van der Waals surface area contributed by atoms with Gasteiger partial charge in [-0.3, -0.25) is 4.57 Å². The summed E-state index contributed by atoms with van der Waals surface area (Å²) in [6.07, 6.45) is 5.77. The zero-order valence-corrected chi connectivity index (χ0v) is 30.1. The zero-order chi connectivity index (χ0) is 36.3. The number of rotatable bonds is 5. The highest BCUT2D eigenvalue weighted by molar-refractivity contribution is 6.11. The molecule has 1 aliphatic carbocycles. The molecule has 10 aromatic rings. The summed E-state index contributed by atoms with van der Waals surface area (Å²) in [6.45, 7) is 0. The second-order valence-corrected chi connectivity index (χ2v) is 14.6. The van der Waals surface area contributed by atoms with Gasteiger partial charge in [0.2, 0.25) is 0 Å². The number of fused-ring (bicyclic) bond motifs is 6. The van der Waals surface area contributed by atoms with Gasteiger partial charge in [-0.25, -0.2) is 9.97 Å². The minimum Gasteiger partial charge on any atom is -0.292 e. The summed E-state index contributed by atoms with van der Waals surface area (Å²) in [5.41, 5.74) is 14.5. The van der Waals surface area contributed by atoms with Crippen molar-refractivity contribution >= 4 is 65.8 Å².